The van der Waals surface area contributed by atoms with Crippen molar-refractivity contribution in [2.75, 3.05) is 31.1 Å². The maximum Gasteiger partial charge on any atom is 0.205 e. The monoisotopic (exact) mass is 477 g/mol. The van der Waals surface area contributed by atoms with Gasteiger partial charge in [0.25, 0.3) is 0 Å². The SMILES string of the molecule is [C-]#[N+]c1ccc([C@@H](CO)N2CCN(c3ccc(Cl)cc3C#N)[C@H](c3ccc(Cl)cc3)C2)nc1. The summed E-state index contributed by atoms with van der Waals surface area (Å²) in [6.07, 6.45) is 1.53. The molecule has 1 fully saturated rings. The van der Waals surface area contributed by atoms with Crippen LogP contribution >= 0.6 is 23.2 Å². The average molecular weight is 478 g/mol. The Kier molecular flexibility index (Phi) is 7.13. The van der Waals surface area contributed by atoms with Gasteiger partial charge in [0.1, 0.15) is 6.07 Å². The second kappa shape index (κ2) is 10.2. The minimum absolute atomic E-state index is 0.0825. The molecular weight excluding hydrogens is 457 g/mol. The Morgan fingerprint density at radius 3 is 2.52 bits per heavy atom. The molecule has 4 rings (SSSR count). The van der Waals surface area contributed by atoms with Gasteiger partial charge in [0.2, 0.25) is 5.69 Å². The van der Waals surface area contributed by atoms with Crippen LogP contribution in [0.1, 0.15) is 28.9 Å². The zero-order chi connectivity index (χ0) is 23.4. The summed E-state index contributed by atoms with van der Waals surface area (Å²) in [6, 6.07) is 18.4. The van der Waals surface area contributed by atoms with Gasteiger partial charge in [-0.1, -0.05) is 41.4 Å². The highest BCUT2D eigenvalue weighted by Gasteiger charge is 2.33. The molecule has 0 amide bonds. The summed E-state index contributed by atoms with van der Waals surface area (Å²) in [6.45, 7) is 8.94. The van der Waals surface area contributed by atoms with Crippen molar-refractivity contribution in [2.45, 2.75) is 12.1 Å². The fourth-order valence-corrected chi connectivity index (χ4v) is 4.55. The van der Waals surface area contributed by atoms with E-state index in [9.17, 15) is 10.4 Å². The smallest absolute Gasteiger partial charge is 0.205 e. The van der Waals surface area contributed by atoms with E-state index in [1.165, 1.54) is 6.20 Å². The molecule has 0 aliphatic carbocycles. The van der Waals surface area contributed by atoms with Crippen molar-refractivity contribution in [3.63, 3.8) is 0 Å². The van der Waals surface area contributed by atoms with Crippen LogP contribution in [0.15, 0.2) is 60.8 Å². The third-order valence-electron chi connectivity index (χ3n) is 5.91. The van der Waals surface area contributed by atoms with Gasteiger partial charge in [0, 0.05) is 35.9 Å². The quantitative estimate of drug-likeness (QED) is 0.497. The molecular formula is C25H21Cl2N5O. The van der Waals surface area contributed by atoms with Gasteiger partial charge >= 0.3 is 0 Å². The molecule has 1 aliphatic rings. The van der Waals surface area contributed by atoms with E-state index in [1.807, 2.05) is 30.3 Å². The number of piperazine rings is 1. The molecule has 6 nitrogen and oxygen atoms in total. The fraction of sp³-hybridized carbons (Fsp3) is 0.240. The molecule has 1 aromatic heterocycles. The van der Waals surface area contributed by atoms with E-state index in [1.54, 1.807) is 24.3 Å². The van der Waals surface area contributed by atoms with Gasteiger partial charge < -0.3 is 10.0 Å². The lowest BCUT2D eigenvalue weighted by Crippen LogP contribution is -2.50. The summed E-state index contributed by atoms with van der Waals surface area (Å²) < 4.78 is 0. The number of aromatic nitrogens is 1. The highest BCUT2D eigenvalue weighted by Crippen LogP contribution is 2.36. The van der Waals surface area contributed by atoms with Crippen LogP contribution in [-0.4, -0.2) is 41.2 Å². The number of halogens is 2. The van der Waals surface area contributed by atoms with Crippen LogP contribution in [0.5, 0.6) is 0 Å². The van der Waals surface area contributed by atoms with E-state index in [0.29, 0.717) is 40.9 Å². The van der Waals surface area contributed by atoms with E-state index >= 15 is 0 Å². The standard InChI is InChI=1S/C25H21Cl2N5O/c1-29-21-7-8-22(30-14-21)25(16-33)31-10-11-32(23-9-6-20(27)12-18(23)13-28)24(15-31)17-2-4-19(26)5-3-17/h2-9,12,14,24-25,33H,10-11,15-16H2/t24-,25+/m0/s1. The Labute approximate surface area is 203 Å². The van der Waals surface area contributed by atoms with Crippen LogP contribution in [0.2, 0.25) is 10.0 Å². The Hall–Kier alpha value is -3.13. The summed E-state index contributed by atoms with van der Waals surface area (Å²) in [7, 11) is 0. The zero-order valence-corrected chi connectivity index (χ0v) is 19.2. The third-order valence-corrected chi connectivity index (χ3v) is 6.40. The van der Waals surface area contributed by atoms with Gasteiger partial charge in [0.05, 0.1) is 42.2 Å². The first-order valence-corrected chi connectivity index (χ1v) is 11.2. The lowest BCUT2D eigenvalue weighted by Gasteiger charge is -2.45. The lowest BCUT2D eigenvalue weighted by molar-refractivity contribution is 0.100. The molecule has 8 heteroatoms. The van der Waals surface area contributed by atoms with E-state index in [4.69, 9.17) is 29.8 Å². The van der Waals surface area contributed by atoms with Crippen LogP contribution in [0, 0.1) is 17.9 Å². The summed E-state index contributed by atoms with van der Waals surface area (Å²) in [5.41, 5.74) is 3.58. The summed E-state index contributed by atoms with van der Waals surface area (Å²) in [5, 5.41) is 21.1. The molecule has 2 heterocycles. The van der Waals surface area contributed by atoms with E-state index in [0.717, 1.165) is 16.9 Å². The molecule has 1 saturated heterocycles. The van der Waals surface area contributed by atoms with Gasteiger partial charge in [-0.2, -0.15) is 5.26 Å². The molecule has 33 heavy (non-hydrogen) atoms. The van der Waals surface area contributed by atoms with E-state index in [2.05, 4.69) is 25.7 Å². The lowest BCUT2D eigenvalue weighted by atomic mass is 9.98. The topological polar surface area (TPSA) is 67.8 Å². The molecule has 0 unspecified atom stereocenters. The Morgan fingerprint density at radius 2 is 1.88 bits per heavy atom. The van der Waals surface area contributed by atoms with Crippen LogP contribution in [-0.2, 0) is 0 Å². The molecule has 0 saturated carbocycles. The van der Waals surface area contributed by atoms with Gasteiger partial charge in [-0.05, 0) is 42.0 Å². The zero-order valence-electron chi connectivity index (χ0n) is 17.7. The van der Waals surface area contributed by atoms with Crippen molar-refractivity contribution in [1.82, 2.24) is 9.88 Å². The molecule has 2 aromatic carbocycles. The van der Waals surface area contributed by atoms with Gasteiger partial charge in [-0.3, -0.25) is 9.88 Å². The number of anilines is 1. The van der Waals surface area contributed by atoms with Crippen LogP contribution in [0.25, 0.3) is 4.85 Å². The minimum Gasteiger partial charge on any atom is -0.394 e. The van der Waals surface area contributed by atoms with Crippen molar-refractivity contribution in [1.29, 1.82) is 5.26 Å². The number of hydrogen-bond acceptors (Lipinski definition) is 5. The molecule has 0 radical (unpaired) electrons. The number of rotatable bonds is 5. The number of nitrogens with zero attached hydrogens (tertiary/aromatic N) is 5. The maximum absolute atomic E-state index is 10.2. The number of aliphatic hydroxyl groups is 1. The third kappa shape index (κ3) is 4.95. The number of hydrogen-bond donors (Lipinski definition) is 1. The predicted molar refractivity (Wildman–Crippen MR) is 130 cm³/mol. The molecule has 3 aromatic rings. The fourth-order valence-electron chi connectivity index (χ4n) is 4.25. The summed E-state index contributed by atoms with van der Waals surface area (Å²) >= 11 is 12.3. The normalized spacial score (nSPS) is 17.2. The number of pyridine rings is 1. The first-order valence-electron chi connectivity index (χ1n) is 10.4. The number of nitriles is 1. The second-order valence-electron chi connectivity index (χ2n) is 7.78. The average Bonchev–Trinajstić information content (AvgIpc) is 2.85. The van der Waals surface area contributed by atoms with Gasteiger partial charge in [-0.25, -0.2) is 4.85 Å². The second-order valence-corrected chi connectivity index (χ2v) is 8.65. The number of aliphatic hydroxyl groups excluding tert-OH is 1. The summed E-state index contributed by atoms with van der Waals surface area (Å²) in [5.74, 6) is 0. The molecule has 166 valence electrons. The van der Waals surface area contributed by atoms with E-state index < -0.39 is 0 Å². The van der Waals surface area contributed by atoms with Crippen molar-refractivity contribution in [3.8, 4) is 6.07 Å². The van der Waals surface area contributed by atoms with Crippen molar-refractivity contribution in [2.24, 2.45) is 0 Å². The molecule has 1 aliphatic heterocycles. The van der Waals surface area contributed by atoms with E-state index in [-0.39, 0.29) is 18.7 Å². The minimum atomic E-state index is -0.303. The van der Waals surface area contributed by atoms with Crippen LogP contribution in [0.3, 0.4) is 0 Å². The molecule has 1 N–H and O–H groups in total. The molecule has 2 atom stereocenters. The van der Waals surface area contributed by atoms with Crippen molar-refractivity contribution >= 4 is 34.6 Å². The first-order chi connectivity index (χ1) is 16.0. The number of benzene rings is 2. The molecule has 0 spiro atoms. The van der Waals surface area contributed by atoms with Crippen LogP contribution < -0.4 is 4.90 Å². The van der Waals surface area contributed by atoms with Gasteiger partial charge in [-0.15, -0.1) is 0 Å². The molecule has 0 bridgehead atoms. The Morgan fingerprint density at radius 1 is 1.12 bits per heavy atom. The van der Waals surface area contributed by atoms with Crippen molar-refractivity contribution < 1.29 is 5.11 Å². The van der Waals surface area contributed by atoms with Crippen LogP contribution in [0.4, 0.5) is 11.4 Å². The Balaban J connectivity index is 1.69. The highest BCUT2D eigenvalue weighted by atomic mass is 35.5. The predicted octanol–water partition coefficient (Wildman–Crippen LogP) is 5.41. The maximum atomic E-state index is 10.2. The van der Waals surface area contributed by atoms with Gasteiger partial charge in [0.15, 0.2) is 0 Å². The Bertz CT molecular complexity index is 1200. The van der Waals surface area contributed by atoms with Crippen molar-refractivity contribution in [3.05, 3.63) is 99.1 Å². The first kappa shape index (κ1) is 23.0. The largest absolute Gasteiger partial charge is 0.394 e. The highest BCUT2D eigenvalue weighted by molar-refractivity contribution is 6.31. The summed E-state index contributed by atoms with van der Waals surface area (Å²) in [4.78, 5) is 12.2.